The van der Waals surface area contributed by atoms with Gasteiger partial charge in [-0.1, -0.05) is 28.1 Å². The topological polar surface area (TPSA) is 16.1 Å². The Morgan fingerprint density at radius 2 is 1.77 bits per heavy atom. The van der Waals surface area contributed by atoms with Crippen LogP contribution in [0.4, 0.5) is 23.2 Å². The third-order valence-electron chi connectivity index (χ3n) is 3.75. The van der Waals surface area contributed by atoms with Gasteiger partial charge in [0.05, 0.1) is 6.04 Å². The van der Waals surface area contributed by atoms with Crippen molar-refractivity contribution in [3.8, 4) is 0 Å². The van der Waals surface area contributed by atoms with E-state index in [1.165, 1.54) is 4.90 Å². The molecule has 0 radical (unpaired) electrons. The van der Waals surface area contributed by atoms with E-state index in [9.17, 15) is 17.6 Å². The molecule has 0 saturated carbocycles. The largest absolute Gasteiger partial charge is 0.359 e. The van der Waals surface area contributed by atoms with Crippen LogP contribution in [-0.4, -0.2) is 11.5 Å². The Kier molecular flexibility index (Phi) is 4.08. The van der Waals surface area contributed by atoms with Crippen LogP contribution in [0.2, 0.25) is 0 Å². The molecule has 0 spiro atoms. The molecule has 1 unspecified atom stereocenters. The van der Waals surface area contributed by atoms with Gasteiger partial charge in [0, 0.05) is 11.0 Å². The molecule has 116 valence electrons. The SMILES string of the molecule is Fc1nc(F)c(F)c(N2CCCC2c2cccc(Br)c2)c1F. The average molecular weight is 375 g/mol. The number of rotatable bonds is 2. The molecule has 1 saturated heterocycles. The maximum Gasteiger partial charge on any atom is 0.253 e. The summed E-state index contributed by atoms with van der Waals surface area (Å²) in [5.74, 6) is -6.18. The van der Waals surface area contributed by atoms with Crippen LogP contribution in [0, 0.1) is 23.5 Å². The van der Waals surface area contributed by atoms with E-state index in [0.29, 0.717) is 19.4 Å². The minimum Gasteiger partial charge on any atom is -0.359 e. The number of anilines is 1. The Balaban J connectivity index is 2.08. The summed E-state index contributed by atoms with van der Waals surface area (Å²) in [6, 6.07) is 6.93. The Hall–Kier alpha value is -1.63. The zero-order valence-electron chi connectivity index (χ0n) is 11.3. The van der Waals surface area contributed by atoms with Crippen LogP contribution < -0.4 is 4.90 Å². The fourth-order valence-electron chi connectivity index (χ4n) is 2.82. The van der Waals surface area contributed by atoms with Crippen molar-refractivity contribution in [2.45, 2.75) is 18.9 Å². The molecule has 2 aromatic rings. The van der Waals surface area contributed by atoms with E-state index in [2.05, 4.69) is 20.9 Å². The number of pyridine rings is 1. The summed E-state index contributed by atoms with van der Waals surface area (Å²) in [6.45, 7) is 0.313. The monoisotopic (exact) mass is 374 g/mol. The van der Waals surface area contributed by atoms with E-state index in [-0.39, 0.29) is 6.04 Å². The molecule has 7 heteroatoms. The van der Waals surface area contributed by atoms with Gasteiger partial charge in [0.15, 0.2) is 0 Å². The van der Waals surface area contributed by atoms with Crippen molar-refractivity contribution < 1.29 is 17.6 Å². The normalized spacial score (nSPS) is 18.0. The summed E-state index contributed by atoms with van der Waals surface area (Å²) in [4.78, 5) is 3.96. The molecule has 0 N–H and O–H groups in total. The summed E-state index contributed by atoms with van der Waals surface area (Å²) in [5, 5.41) is 0. The van der Waals surface area contributed by atoms with Crippen molar-refractivity contribution in [3.63, 3.8) is 0 Å². The average Bonchev–Trinajstić information content (AvgIpc) is 2.95. The van der Waals surface area contributed by atoms with Crippen molar-refractivity contribution in [1.29, 1.82) is 0 Å². The quantitative estimate of drug-likeness (QED) is 0.557. The first-order valence-electron chi connectivity index (χ1n) is 6.71. The zero-order valence-corrected chi connectivity index (χ0v) is 12.9. The Labute approximate surface area is 132 Å². The maximum atomic E-state index is 14.0. The molecule has 2 nitrogen and oxygen atoms in total. The van der Waals surface area contributed by atoms with Gasteiger partial charge in [0.2, 0.25) is 11.6 Å². The molecule has 1 aliphatic heterocycles. The van der Waals surface area contributed by atoms with Crippen LogP contribution in [0.1, 0.15) is 24.4 Å². The molecule has 0 aliphatic carbocycles. The number of nitrogens with zero attached hydrogens (tertiary/aromatic N) is 2. The van der Waals surface area contributed by atoms with Crippen LogP contribution in [0.5, 0.6) is 0 Å². The van der Waals surface area contributed by atoms with Gasteiger partial charge in [0.25, 0.3) is 11.9 Å². The number of hydrogen-bond donors (Lipinski definition) is 0. The van der Waals surface area contributed by atoms with Gasteiger partial charge in [-0.15, -0.1) is 0 Å². The van der Waals surface area contributed by atoms with Crippen molar-refractivity contribution in [2.24, 2.45) is 0 Å². The fraction of sp³-hybridized carbons (Fsp3) is 0.267. The summed E-state index contributed by atoms with van der Waals surface area (Å²) in [7, 11) is 0. The lowest BCUT2D eigenvalue weighted by molar-refractivity contribution is 0.405. The summed E-state index contributed by atoms with van der Waals surface area (Å²) >= 11 is 3.34. The summed E-state index contributed by atoms with van der Waals surface area (Å²) in [5.41, 5.74) is 0.135. The van der Waals surface area contributed by atoms with Gasteiger partial charge in [-0.3, -0.25) is 0 Å². The molecular weight excluding hydrogens is 364 g/mol. The summed E-state index contributed by atoms with van der Waals surface area (Å²) in [6.07, 6.45) is 1.31. The first kappa shape index (κ1) is 15.3. The van der Waals surface area contributed by atoms with Gasteiger partial charge in [-0.05, 0) is 30.5 Å². The van der Waals surface area contributed by atoms with Gasteiger partial charge >= 0.3 is 0 Å². The third kappa shape index (κ3) is 2.58. The highest BCUT2D eigenvalue weighted by atomic mass is 79.9. The standard InChI is InChI=1S/C15H11BrF4N2/c16-9-4-1-3-8(7-9)10-5-2-6-22(10)13-11(17)14(19)21-15(20)12(13)18/h1,3-4,7,10H,2,5-6H2. The first-order chi connectivity index (χ1) is 10.5. The van der Waals surface area contributed by atoms with Crippen molar-refractivity contribution in [3.05, 3.63) is 57.8 Å². The van der Waals surface area contributed by atoms with Crippen LogP contribution >= 0.6 is 15.9 Å². The molecule has 1 atom stereocenters. The number of halogens is 5. The first-order valence-corrected chi connectivity index (χ1v) is 7.50. The van der Waals surface area contributed by atoms with E-state index >= 15 is 0 Å². The lowest BCUT2D eigenvalue weighted by Crippen LogP contribution is -2.26. The van der Waals surface area contributed by atoms with Crippen molar-refractivity contribution >= 4 is 21.6 Å². The van der Waals surface area contributed by atoms with E-state index in [0.717, 1.165) is 10.0 Å². The highest BCUT2D eigenvalue weighted by Crippen LogP contribution is 2.39. The maximum absolute atomic E-state index is 14.0. The number of hydrogen-bond acceptors (Lipinski definition) is 2. The van der Waals surface area contributed by atoms with E-state index < -0.39 is 29.2 Å². The van der Waals surface area contributed by atoms with Gasteiger partial charge in [-0.2, -0.15) is 22.5 Å². The minimum absolute atomic E-state index is 0.313. The molecular formula is C15H11BrF4N2. The molecule has 3 rings (SSSR count). The predicted octanol–water partition coefficient (Wildman–Crippen LogP) is 4.74. The molecule has 2 heterocycles. The lowest BCUT2D eigenvalue weighted by atomic mass is 10.0. The van der Waals surface area contributed by atoms with E-state index in [4.69, 9.17) is 0 Å². The lowest BCUT2D eigenvalue weighted by Gasteiger charge is -2.28. The second-order valence-corrected chi connectivity index (χ2v) is 5.99. The van der Waals surface area contributed by atoms with Crippen LogP contribution in [0.25, 0.3) is 0 Å². The molecule has 22 heavy (non-hydrogen) atoms. The molecule has 0 bridgehead atoms. The smallest absolute Gasteiger partial charge is 0.253 e. The van der Waals surface area contributed by atoms with Crippen LogP contribution in [0.3, 0.4) is 0 Å². The van der Waals surface area contributed by atoms with Gasteiger partial charge < -0.3 is 4.90 Å². The number of aromatic nitrogens is 1. The zero-order chi connectivity index (χ0) is 15.9. The molecule has 1 aliphatic rings. The van der Waals surface area contributed by atoms with E-state index in [1.807, 2.05) is 18.2 Å². The Morgan fingerprint density at radius 3 is 2.41 bits per heavy atom. The van der Waals surface area contributed by atoms with Gasteiger partial charge in [0.1, 0.15) is 5.69 Å². The predicted molar refractivity (Wildman–Crippen MR) is 77.5 cm³/mol. The van der Waals surface area contributed by atoms with Gasteiger partial charge in [-0.25, -0.2) is 0 Å². The Bertz CT molecular complexity index is 697. The molecule has 1 aromatic carbocycles. The van der Waals surface area contributed by atoms with Crippen LogP contribution in [0.15, 0.2) is 28.7 Å². The highest BCUT2D eigenvalue weighted by Gasteiger charge is 2.33. The second kappa shape index (κ2) is 5.87. The minimum atomic E-state index is -1.63. The van der Waals surface area contributed by atoms with Crippen molar-refractivity contribution in [2.75, 3.05) is 11.4 Å². The Morgan fingerprint density at radius 1 is 1.09 bits per heavy atom. The summed E-state index contributed by atoms with van der Waals surface area (Å²) < 4.78 is 55.4. The number of benzene rings is 1. The van der Waals surface area contributed by atoms with E-state index in [1.54, 1.807) is 6.07 Å². The fourth-order valence-corrected chi connectivity index (χ4v) is 3.24. The molecule has 1 fully saturated rings. The third-order valence-corrected chi connectivity index (χ3v) is 4.24. The highest BCUT2D eigenvalue weighted by molar-refractivity contribution is 9.10. The van der Waals surface area contributed by atoms with Crippen LogP contribution in [-0.2, 0) is 0 Å². The second-order valence-electron chi connectivity index (χ2n) is 5.08. The van der Waals surface area contributed by atoms with Crippen molar-refractivity contribution in [1.82, 2.24) is 4.98 Å². The molecule has 1 aromatic heterocycles. The molecule has 0 amide bonds.